The lowest BCUT2D eigenvalue weighted by atomic mass is 10.0. The van der Waals surface area contributed by atoms with E-state index in [2.05, 4.69) is 5.32 Å². The molecule has 7 heteroatoms. The highest BCUT2D eigenvalue weighted by atomic mass is 16.5. The van der Waals surface area contributed by atoms with Gasteiger partial charge in [0.25, 0.3) is 5.91 Å². The summed E-state index contributed by atoms with van der Waals surface area (Å²) in [5, 5.41) is 21.9. The van der Waals surface area contributed by atoms with Crippen molar-refractivity contribution in [2.24, 2.45) is 0 Å². The predicted octanol–water partition coefficient (Wildman–Crippen LogP) is 1.19. The summed E-state index contributed by atoms with van der Waals surface area (Å²) in [5.41, 5.74) is 1.68. The van der Waals surface area contributed by atoms with Gasteiger partial charge in [-0.15, -0.1) is 0 Å². The number of β-amino-alcohol motifs (C(OH)–C–C–N with tert-alkyl or cyclic N) is 1. The fourth-order valence-corrected chi connectivity index (χ4v) is 2.59. The molecule has 0 unspecified atom stereocenters. The van der Waals surface area contributed by atoms with Crippen LogP contribution in [0.15, 0.2) is 29.5 Å². The summed E-state index contributed by atoms with van der Waals surface area (Å²) in [6, 6.07) is 4.91. The molecule has 3 N–H and O–H groups in total. The van der Waals surface area contributed by atoms with E-state index in [0.717, 1.165) is 5.56 Å². The number of ether oxygens (including phenoxy) is 1. The molecule has 0 aromatic heterocycles. The lowest BCUT2D eigenvalue weighted by molar-refractivity contribution is -0.136. The molecular formula is C17H22N2O5. The van der Waals surface area contributed by atoms with Gasteiger partial charge in [0.15, 0.2) is 0 Å². The van der Waals surface area contributed by atoms with E-state index >= 15 is 0 Å². The molecule has 1 aromatic rings. The molecule has 1 aliphatic rings. The minimum atomic E-state index is -0.589. The van der Waals surface area contributed by atoms with Gasteiger partial charge < -0.3 is 25.2 Å². The summed E-state index contributed by atoms with van der Waals surface area (Å²) < 4.78 is 4.74. The number of nitrogens with zero attached hydrogens (tertiary/aromatic N) is 1. The molecular weight excluding hydrogens is 312 g/mol. The molecule has 7 nitrogen and oxygen atoms in total. The van der Waals surface area contributed by atoms with Crippen molar-refractivity contribution in [1.82, 2.24) is 4.90 Å². The highest BCUT2D eigenvalue weighted by molar-refractivity contribution is 6.08. The number of amides is 1. The number of carbonyl (C=O) groups excluding carboxylic acids is 2. The maximum Gasteiger partial charge on any atom is 0.337 e. The number of nitrogens with one attached hydrogen (secondary N) is 1. The summed E-state index contributed by atoms with van der Waals surface area (Å²) in [5.74, 6) is -0.680. The number of carbonyl (C=O) groups is 2. The zero-order chi connectivity index (χ0) is 17.9. The van der Waals surface area contributed by atoms with Crippen LogP contribution in [0.2, 0.25) is 0 Å². The van der Waals surface area contributed by atoms with Gasteiger partial charge in [-0.2, -0.15) is 0 Å². The minimum absolute atomic E-state index is 0.0868. The lowest BCUT2D eigenvalue weighted by Gasteiger charge is -2.16. The van der Waals surface area contributed by atoms with Crippen LogP contribution >= 0.6 is 0 Å². The molecule has 24 heavy (non-hydrogen) atoms. The van der Waals surface area contributed by atoms with Gasteiger partial charge in [0.2, 0.25) is 0 Å². The average molecular weight is 334 g/mol. The molecule has 1 aliphatic heterocycles. The smallest absolute Gasteiger partial charge is 0.337 e. The first-order chi connectivity index (χ1) is 11.4. The number of aromatic hydroxyl groups is 1. The molecule has 0 radical (unpaired) electrons. The van der Waals surface area contributed by atoms with Crippen LogP contribution in [-0.4, -0.2) is 53.8 Å². The summed E-state index contributed by atoms with van der Waals surface area (Å²) in [7, 11) is 1.25. The Kier molecular flexibility index (Phi) is 5.46. The zero-order valence-electron chi connectivity index (χ0n) is 14.0. The normalized spacial score (nSPS) is 14.5. The zero-order valence-corrected chi connectivity index (χ0v) is 14.0. The van der Waals surface area contributed by atoms with E-state index in [1.54, 1.807) is 18.2 Å². The van der Waals surface area contributed by atoms with Crippen molar-refractivity contribution in [3.05, 3.63) is 35.0 Å². The topological polar surface area (TPSA) is 99.1 Å². The lowest BCUT2D eigenvalue weighted by Crippen LogP contribution is -2.31. The third-order valence-electron chi connectivity index (χ3n) is 3.87. The van der Waals surface area contributed by atoms with Crippen molar-refractivity contribution in [2.75, 3.05) is 32.1 Å². The summed E-state index contributed by atoms with van der Waals surface area (Å²) in [4.78, 5) is 25.8. The number of phenolic OH excluding ortho intramolecular Hbond substituents is 1. The third-order valence-corrected chi connectivity index (χ3v) is 3.87. The average Bonchev–Trinajstić information content (AvgIpc) is 2.85. The van der Waals surface area contributed by atoms with Gasteiger partial charge >= 0.3 is 5.97 Å². The van der Waals surface area contributed by atoms with Crippen LogP contribution in [0.3, 0.4) is 0 Å². The van der Waals surface area contributed by atoms with Crippen molar-refractivity contribution in [1.29, 1.82) is 0 Å². The summed E-state index contributed by atoms with van der Waals surface area (Å²) in [6.45, 7) is 3.92. The second-order valence-electron chi connectivity index (χ2n) is 5.85. The number of benzene rings is 1. The van der Waals surface area contributed by atoms with Crippen molar-refractivity contribution in [3.8, 4) is 5.75 Å². The van der Waals surface area contributed by atoms with E-state index in [4.69, 9.17) is 9.84 Å². The Morgan fingerprint density at radius 3 is 2.71 bits per heavy atom. The molecule has 0 aliphatic carbocycles. The highest BCUT2D eigenvalue weighted by Crippen LogP contribution is 2.30. The molecule has 1 heterocycles. The van der Waals surface area contributed by atoms with Crippen LogP contribution in [-0.2, 0) is 14.3 Å². The highest BCUT2D eigenvalue weighted by Gasteiger charge is 2.34. The Balaban J connectivity index is 2.35. The van der Waals surface area contributed by atoms with E-state index in [1.807, 2.05) is 13.8 Å². The fraction of sp³-hybridized carbons (Fsp3) is 0.412. The third kappa shape index (κ3) is 3.51. The van der Waals surface area contributed by atoms with Crippen molar-refractivity contribution < 1.29 is 24.5 Å². The van der Waals surface area contributed by atoms with Gasteiger partial charge in [-0.25, -0.2) is 4.79 Å². The van der Waals surface area contributed by atoms with Gasteiger partial charge in [-0.1, -0.05) is 13.8 Å². The quantitative estimate of drug-likeness (QED) is 0.534. The van der Waals surface area contributed by atoms with E-state index < -0.39 is 5.97 Å². The summed E-state index contributed by atoms with van der Waals surface area (Å²) in [6.07, 6.45) is 0. The van der Waals surface area contributed by atoms with Crippen LogP contribution in [0.4, 0.5) is 5.69 Å². The number of rotatable bonds is 6. The largest absolute Gasteiger partial charge is 0.508 e. The molecule has 1 amide bonds. The standard InChI is InChI=1S/C17H22N2O5/c1-10(2)12-8-11(4-5-14(12)21)18-15-13(17(23)24-3)9-19(6-7-20)16(15)22/h4-5,8,10,18,20-21H,6-7,9H2,1-3H3. The monoisotopic (exact) mass is 334 g/mol. The Bertz CT molecular complexity index is 682. The Morgan fingerprint density at radius 2 is 2.12 bits per heavy atom. The second kappa shape index (κ2) is 7.35. The number of methoxy groups -OCH3 is 1. The fourth-order valence-electron chi connectivity index (χ4n) is 2.59. The first-order valence-corrected chi connectivity index (χ1v) is 7.70. The van der Waals surface area contributed by atoms with E-state index in [1.165, 1.54) is 12.0 Å². The summed E-state index contributed by atoms with van der Waals surface area (Å²) >= 11 is 0. The molecule has 0 bridgehead atoms. The van der Waals surface area contributed by atoms with Crippen LogP contribution in [0.1, 0.15) is 25.3 Å². The molecule has 1 aromatic carbocycles. The molecule has 0 saturated heterocycles. The molecule has 0 spiro atoms. The van der Waals surface area contributed by atoms with Crippen LogP contribution in [0, 0.1) is 0 Å². The van der Waals surface area contributed by atoms with Gasteiger partial charge in [0.05, 0.1) is 25.8 Å². The maximum atomic E-state index is 12.5. The first kappa shape index (κ1) is 17.8. The van der Waals surface area contributed by atoms with Crippen molar-refractivity contribution in [3.63, 3.8) is 0 Å². The van der Waals surface area contributed by atoms with Crippen LogP contribution in [0.5, 0.6) is 5.75 Å². The van der Waals surface area contributed by atoms with E-state index in [0.29, 0.717) is 5.69 Å². The van der Waals surface area contributed by atoms with Gasteiger partial charge in [-0.05, 0) is 29.7 Å². The molecule has 0 atom stereocenters. The molecule has 0 fully saturated rings. The molecule has 0 saturated carbocycles. The molecule has 130 valence electrons. The number of hydrogen-bond acceptors (Lipinski definition) is 6. The predicted molar refractivity (Wildman–Crippen MR) is 88.5 cm³/mol. The van der Waals surface area contributed by atoms with Crippen LogP contribution < -0.4 is 5.32 Å². The van der Waals surface area contributed by atoms with Crippen molar-refractivity contribution >= 4 is 17.6 Å². The maximum absolute atomic E-state index is 12.5. The van der Waals surface area contributed by atoms with Crippen molar-refractivity contribution in [2.45, 2.75) is 19.8 Å². The number of phenols is 1. The van der Waals surface area contributed by atoms with E-state index in [-0.39, 0.29) is 48.5 Å². The number of aliphatic hydroxyl groups is 1. The number of hydrogen-bond donors (Lipinski definition) is 3. The number of esters is 1. The number of anilines is 1. The Labute approximate surface area is 140 Å². The first-order valence-electron chi connectivity index (χ1n) is 7.70. The van der Waals surface area contributed by atoms with Crippen LogP contribution in [0.25, 0.3) is 0 Å². The minimum Gasteiger partial charge on any atom is -0.508 e. The van der Waals surface area contributed by atoms with E-state index in [9.17, 15) is 14.7 Å². The van der Waals surface area contributed by atoms with Gasteiger partial charge in [0.1, 0.15) is 11.4 Å². The van der Waals surface area contributed by atoms with Gasteiger partial charge in [0, 0.05) is 12.2 Å². The SMILES string of the molecule is COC(=O)C1=C(Nc2ccc(O)c(C(C)C)c2)C(=O)N(CCO)C1. The second-order valence-corrected chi connectivity index (χ2v) is 5.85. The Hall–Kier alpha value is -2.54. The number of aliphatic hydroxyl groups excluding tert-OH is 1. The molecule has 2 rings (SSSR count). The Morgan fingerprint density at radius 1 is 1.42 bits per heavy atom. The van der Waals surface area contributed by atoms with Gasteiger partial charge in [-0.3, -0.25) is 4.79 Å².